The highest BCUT2D eigenvalue weighted by Gasteiger charge is 2.28. The molecule has 30 heavy (non-hydrogen) atoms. The number of rotatable bonds is 5. The number of amides is 1. The van der Waals surface area contributed by atoms with Crippen LogP contribution in [0.3, 0.4) is 0 Å². The summed E-state index contributed by atoms with van der Waals surface area (Å²) in [7, 11) is 3.19. The minimum atomic E-state index is -0.742. The van der Waals surface area contributed by atoms with E-state index in [1.54, 1.807) is 44.2 Å². The highest BCUT2D eigenvalue weighted by molar-refractivity contribution is 5.80. The number of methoxy groups -OCH3 is 2. The predicted octanol–water partition coefficient (Wildman–Crippen LogP) is 2.67. The van der Waals surface area contributed by atoms with Crippen LogP contribution in [-0.2, 0) is 17.8 Å². The van der Waals surface area contributed by atoms with Gasteiger partial charge >= 0.3 is 0 Å². The summed E-state index contributed by atoms with van der Waals surface area (Å²) in [5.74, 6) is 1.68. The third-order valence-electron chi connectivity index (χ3n) is 5.35. The normalized spacial score (nSPS) is 14.2. The quantitative estimate of drug-likeness (QED) is 0.644. The van der Waals surface area contributed by atoms with Gasteiger partial charge in [-0.1, -0.05) is 0 Å². The lowest BCUT2D eigenvalue weighted by atomic mass is 9.98. The van der Waals surface area contributed by atoms with Crippen LogP contribution in [0, 0.1) is 0 Å². The molecule has 0 saturated heterocycles. The van der Waals surface area contributed by atoms with Crippen LogP contribution in [0.4, 0.5) is 0 Å². The van der Waals surface area contributed by atoms with Gasteiger partial charge in [0.05, 0.1) is 20.5 Å². The van der Waals surface area contributed by atoms with E-state index in [0.29, 0.717) is 42.5 Å². The molecule has 0 saturated carbocycles. The number of ether oxygens (including phenoxy) is 2. The Kier molecular flexibility index (Phi) is 5.31. The zero-order valence-corrected chi connectivity index (χ0v) is 17.1. The van der Waals surface area contributed by atoms with Crippen molar-refractivity contribution in [3.63, 3.8) is 0 Å². The number of nitrogens with zero attached hydrogens (tertiary/aromatic N) is 3. The van der Waals surface area contributed by atoms with Gasteiger partial charge in [0.2, 0.25) is 5.91 Å². The molecule has 1 atom stereocenters. The van der Waals surface area contributed by atoms with E-state index in [9.17, 15) is 9.59 Å². The Morgan fingerprint density at radius 1 is 1.13 bits per heavy atom. The number of aromatic nitrogens is 2. The summed E-state index contributed by atoms with van der Waals surface area (Å²) < 4.78 is 17.3. The molecule has 0 spiro atoms. The maximum Gasteiger partial charge on any atom is 0.267 e. The number of carbonyl (C=O) groups is 1. The Morgan fingerprint density at radius 2 is 1.87 bits per heavy atom. The van der Waals surface area contributed by atoms with Gasteiger partial charge in [-0.2, -0.15) is 5.10 Å². The average molecular weight is 409 g/mol. The van der Waals surface area contributed by atoms with Gasteiger partial charge in [0.15, 0.2) is 17.3 Å². The smallest absolute Gasteiger partial charge is 0.267 e. The molecule has 1 amide bonds. The third kappa shape index (κ3) is 3.56. The van der Waals surface area contributed by atoms with Gasteiger partial charge in [0, 0.05) is 19.2 Å². The van der Waals surface area contributed by atoms with Crippen molar-refractivity contribution in [2.45, 2.75) is 25.9 Å². The van der Waals surface area contributed by atoms with Crippen molar-refractivity contribution < 1.29 is 18.7 Å². The zero-order chi connectivity index (χ0) is 21.3. The monoisotopic (exact) mass is 409 g/mol. The van der Waals surface area contributed by atoms with Gasteiger partial charge in [-0.3, -0.25) is 9.59 Å². The first-order valence-corrected chi connectivity index (χ1v) is 9.68. The summed E-state index contributed by atoms with van der Waals surface area (Å²) in [6, 6.07) is 9.61. The first-order valence-electron chi connectivity index (χ1n) is 9.68. The first kappa shape index (κ1) is 19.8. The Labute approximate surface area is 173 Å². The Hall–Kier alpha value is -3.55. The summed E-state index contributed by atoms with van der Waals surface area (Å²) in [6.07, 6.45) is 2.23. The average Bonchev–Trinajstić information content (AvgIpc) is 3.32. The highest BCUT2D eigenvalue weighted by Crippen LogP contribution is 2.33. The molecule has 0 aliphatic carbocycles. The maximum absolute atomic E-state index is 13.2. The number of fused-ring (bicyclic) bond motifs is 1. The van der Waals surface area contributed by atoms with Gasteiger partial charge in [0.25, 0.3) is 5.56 Å². The topological polar surface area (TPSA) is 86.8 Å². The molecule has 0 radical (unpaired) electrons. The van der Waals surface area contributed by atoms with E-state index in [0.717, 1.165) is 11.1 Å². The highest BCUT2D eigenvalue weighted by atomic mass is 16.5. The minimum Gasteiger partial charge on any atom is -0.493 e. The van der Waals surface area contributed by atoms with Gasteiger partial charge in [-0.25, -0.2) is 4.68 Å². The van der Waals surface area contributed by atoms with Crippen LogP contribution in [0.25, 0.3) is 11.5 Å². The SMILES string of the molecule is COc1cc2c(cc1OC)CN(C(=O)C(C)n1nc(-c3ccco3)ccc1=O)CC2. The second kappa shape index (κ2) is 8.06. The molecule has 0 fully saturated rings. The molecule has 0 N–H and O–H groups in total. The number of furan rings is 1. The van der Waals surface area contributed by atoms with Crippen LogP contribution in [0.2, 0.25) is 0 Å². The van der Waals surface area contributed by atoms with Crippen molar-refractivity contribution in [2.24, 2.45) is 0 Å². The van der Waals surface area contributed by atoms with Crippen LogP contribution < -0.4 is 15.0 Å². The second-order valence-corrected chi connectivity index (χ2v) is 7.14. The molecule has 156 valence electrons. The molecule has 1 aliphatic rings. The van der Waals surface area contributed by atoms with E-state index in [4.69, 9.17) is 13.9 Å². The van der Waals surface area contributed by atoms with E-state index >= 15 is 0 Å². The van der Waals surface area contributed by atoms with E-state index in [2.05, 4.69) is 5.10 Å². The van der Waals surface area contributed by atoms with E-state index < -0.39 is 6.04 Å². The van der Waals surface area contributed by atoms with Crippen LogP contribution >= 0.6 is 0 Å². The second-order valence-electron chi connectivity index (χ2n) is 7.14. The van der Waals surface area contributed by atoms with Gasteiger partial charge in [-0.15, -0.1) is 0 Å². The Balaban J connectivity index is 1.58. The van der Waals surface area contributed by atoms with Crippen LogP contribution in [0.15, 0.2) is 51.9 Å². The molecule has 3 aromatic rings. The fourth-order valence-electron chi connectivity index (χ4n) is 3.70. The molecule has 8 heteroatoms. The number of hydrogen-bond donors (Lipinski definition) is 0. The van der Waals surface area contributed by atoms with E-state index in [1.807, 2.05) is 12.1 Å². The molecular formula is C22H23N3O5. The third-order valence-corrected chi connectivity index (χ3v) is 5.35. The lowest BCUT2D eigenvalue weighted by molar-refractivity contribution is -0.135. The summed E-state index contributed by atoms with van der Waals surface area (Å²) >= 11 is 0. The van der Waals surface area contributed by atoms with Crippen molar-refractivity contribution in [1.29, 1.82) is 0 Å². The molecule has 2 aromatic heterocycles. The maximum atomic E-state index is 13.2. The summed E-state index contributed by atoms with van der Waals surface area (Å²) in [4.78, 5) is 27.3. The van der Waals surface area contributed by atoms with Crippen molar-refractivity contribution in [2.75, 3.05) is 20.8 Å². The van der Waals surface area contributed by atoms with Crippen molar-refractivity contribution in [3.05, 3.63) is 64.1 Å². The van der Waals surface area contributed by atoms with Crippen LogP contribution in [-0.4, -0.2) is 41.4 Å². The standard InChI is InChI=1S/C22H23N3O5/c1-14(25-21(26)7-6-17(23-25)18-5-4-10-30-18)22(27)24-9-8-15-11-19(28-2)20(29-3)12-16(15)13-24/h4-7,10-12,14H,8-9,13H2,1-3H3. The van der Waals surface area contributed by atoms with Crippen molar-refractivity contribution in [3.8, 4) is 23.0 Å². The lowest BCUT2D eigenvalue weighted by Gasteiger charge is -2.31. The molecule has 0 bridgehead atoms. The summed E-state index contributed by atoms with van der Waals surface area (Å²) in [5, 5.41) is 4.35. The van der Waals surface area contributed by atoms with E-state index in [-0.39, 0.29) is 11.5 Å². The molecule has 1 aliphatic heterocycles. The van der Waals surface area contributed by atoms with Crippen LogP contribution in [0.5, 0.6) is 11.5 Å². The van der Waals surface area contributed by atoms with Crippen molar-refractivity contribution >= 4 is 5.91 Å². The molecule has 4 rings (SSSR count). The molecule has 3 heterocycles. The van der Waals surface area contributed by atoms with Gasteiger partial charge in [0.1, 0.15) is 11.7 Å². The predicted molar refractivity (Wildman–Crippen MR) is 110 cm³/mol. The first-order chi connectivity index (χ1) is 14.5. The van der Waals surface area contributed by atoms with Gasteiger partial charge in [-0.05, 0) is 54.8 Å². The largest absolute Gasteiger partial charge is 0.493 e. The minimum absolute atomic E-state index is 0.165. The van der Waals surface area contributed by atoms with Gasteiger partial charge < -0.3 is 18.8 Å². The fraction of sp³-hybridized carbons (Fsp3) is 0.318. The zero-order valence-electron chi connectivity index (χ0n) is 17.1. The van der Waals surface area contributed by atoms with E-state index in [1.165, 1.54) is 17.0 Å². The molecule has 1 aromatic carbocycles. The fourth-order valence-corrected chi connectivity index (χ4v) is 3.70. The Bertz CT molecular complexity index is 1120. The molecule has 1 unspecified atom stereocenters. The molecular weight excluding hydrogens is 386 g/mol. The van der Waals surface area contributed by atoms with Crippen LogP contribution in [0.1, 0.15) is 24.1 Å². The summed E-state index contributed by atoms with van der Waals surface area (Å²) in [5.41, 5.74) is 2.29. The number of carbonyl (C=O) groups excluding carboxylic acids is 1. The summed E-state index contributed by atoms with van der Waals surface area (Å²) in [6.45, 7) is 2.68. The molecule has 8 nitrogen and oxygen atoms in total. The lowest BCUT2D eigenvalue weighted by Crippen LogP contribution is -2.42. The number of hydrogen-bond acceptors (Lipinski definition) is 6. The van der Waals surface area contributed by atoms with Crippen molar-refractivity contribution in [1.82, 2.24) is 14.7 Å². The number of benzene rings is 1. The Morgan fingerprint density at radius 3 is 2.53 bits per heavy atom.